The van der Waals surface area contributed by atoms with Crippen molar-refractivity contribution >= 4 is 24.0 Å². The van der Waals surface area contributed by atoms with Gasteiger partial charge in [0.1, 0.15) is 5.75 Å². The van der Waals surface area contributed by atoms with Gasteiger partial charge in [-0.2, -0.15) is 0 Å². The van der Waals surface area contributed by atoms with Crippen LogP contribution in [0.25, 0.3) is 0 Å². The lowest BCUT2D eigenvalue weighted by Gasteiger charge is -2.16. The molecule has 0 saturated heterocycles. The summed E-state index contributed by atoms with van der Waals surface area (Å²) < 4.78 is 11.1. The quantitative estimate of drug-likeness (QED) is 0.835. The molecule has 114 valence electrons. The number of nitrogens with two attached hydrogens (primary N) is 1. The van der Waals surface area contributed by atoms with Gasteiger partial charge in [-0.15, -0.1) is 12.4 Å². The minimum atomic E-state index is 0. The zero-order chi connectivity index (χ0) is 13.8. The van der Waals surface area contributed by atoms with E-state index in [-0.39, 0.29) is 18.4 Å². The predicted molar refractivity (Wildman–Crippen MR) is 85.0 cm³/mol. The maximum absolute atomic E-state index is 6.34. The van der Waals surface area contributed by atoms with Gasteiger partial charge in [-0.3, -0.25) is 0 Å². The van der Waals surface area contributed by atoms with E-state index < -0.39 is 0 Å². The van der Waals surface area contributed by atoms with Crippen LogP contribution >= 0.6 is 24.0 Å². The van der Waals surface area contributed by atoms with Crippen LogP contribution in [0, 0.1) is 5.92 Å². The van der Waals surface area contributed by atoms with Crippen LogP contribution in [0.3, 0.4) is 0 Å². The van der Waals surface area contributed by atoms with Gasteiger partial charge in [0.25, 0.3) is 0 Å². The summed E-state index contributed by atoms with van der Waals surface area (Å²) in [4.78, 5) is 0. The second kappa shape index (κ2) is 8.08. The molecule has 5 heteroatoms. The molecule has 0 aliphatic heterocycles. The highest BCUT2D eigenvalue weighted by Gasteiger charge is 2.23. The summed E-state index contributed by atoms with van der Waals surface area (Å²) in [5, 5.41) is 0.658. The number of benzene rings is 1. The number of hydrogen-bond donors (Lipinski definition) is 1. The summed E-state index contributed by atoms with van der Waals surface area (Å²) in [6.45, 7) is 3.30. The van der Waals surface area contributed by atoms with Gasteiger partial charge in [0.05, 0.1) is 18.2 Å². The first-order valence-electron chi connectivity index (χ1n) is 6.78. The molecule has 1 aliphatic carbocycles. The first-order valence-corrected chi connectivity index (χ1v) is 7.16. The van der Waals surface area contributed by atoms with Crippen LogP contribution in [0.15, 0.2) is 12.1 Å². The third-order valence-corrected chi connectivity index (χ3v) is 3.47. The molecule has 1 unspecified atom stereocenters. The lowest BCUT2D eigenvalue weighted by atomic mass is 10.0. The SMILES string of the molecule is COCc1cc(Cl)c(OCC2CC2)c(CC(C)N)c1.Cl. The van der Waals surface area contributed by atoms with E-state index in [1.54, 1.807) is 7.11 Å². The number of ether oxygens (including phenoxy) is 2. The van der Waals surface area contributed by atoms with Crippen LogP contribution in [0.4, 0.5) is 0 Å². The van der Waals surface area contributed by atoms with Crippen molar-refractivity contribution in [1.29, 1.82) is 0 Å². The van der Waals surface area contributed by atoms with E-state index in [2.05, 4.69) is 6.07 Å². The van der Waals surface area contributed by atoms with E-state index in [9.17, 15) is 0 Å². The maximum atomic E-state index is 6.34. The van der Waals surface area contributed by atoms with Crippen LogP contribution in [0.1, 0.15) is 30.9 Å². The van der Waals surface area contributed by atoms with Crippen molar-refractivity contribution in [3.8, 4) is 5.75 Å². The Morgan fingerprint density at radius 3 is 2.65 bits per heavy atom. The molecule has 3 nitrogen and oxygen atoms in total. The minimum Gasteiger partial charge on any atom is -0.491 e. The molecular formula is C15H23Cl2NO2. The first kappa shape index (κ1) is 17.6. The van der Waals surface area contributed by atoms with Gasteiger partial charge in [0, 0.05) is 13.2 Å². The van der Waals surface area contributed by atoms with E-state index in [0.717, 1.165) is 29.9 Å². The highest BCUT2D eigenvalue weighted by molar-refractivity contribution is 6.32. The van der Waals surface area contributed by atoms with Crippen LogP contribution in [0.2, 0.25) is 5.02 Å². The minimum absolute atomic E-state index is 0. The molecule has 1 aliphatic rings. The molecule has 1 aromatic rings. The van der Waals surface area contributed by atoms with E-state index >= 15 is 0 Å². The van der Waals surface area contributed by atoms with Crippen LogP contribution in [-0.2, 0) is 17.8 Å². The Morgan fingerprint density at radius 2 is 2.10 bits per heavy atom. The fourth-order valence-electron chi connectivity index (χ4n) is 2.11. The maximum Gasteiger partial charge on any atom is 0.141 e. The lowest BCUT2D eigenvalue weighted by Crippen LogP contribution is -2.19. The first-order chi connectivity index (χ1) is 9.10. The monoisotopic (exact) mass is 319 g/mol. The molecule has 0 heterocycles. The third-order valence-electron chi connectivity index (χ3n) is 3.19. The summed E-state index contributed by atoms with van der Waals surface area (Å²) in [6.07, 6.45) is 3.29. The van der Waals surface area contributed by atoms with Gasteiger partial charge in [-0.05, 0) is 55.4 Å². The Labute approximate surface area is 132 Å². The number of methoxy groups -OCH3 is 1. The Balaban J connectivity index is 0.00000200. The summed E-state index contributed by atoms with van der Waals surface area (Å²) in [7, 11) is 1.68. The molecule has 1 atom stereocenters. The summed E-state index contributed by atoms with van der Waals surface area (Å²) in [5.41, 5.74) is 8.04. The van der Waals surface area contributed by atoms with Gasteiger partial charge in [0.15, 0.2) is 0 Å². The summed E-state index contributed by atoms with van der Waals surface area (Å²) in [6, 6.07) is 4.08. The van der Waals surface area contributed by atoms with Crippen molar-refractivity contribution in [3.05, 3.63) is 28.3 Å². The Morgan fingerprint density at radius 1 is 1.40 bits per heavy atom. The average molecular weight is 320 g/mol. The molecule has 0 radical (unpaired) electrons. The fraction of sp³-hybridized carbons (Fsp3) is 0.600. The molecule has 2 rings (SSSR count). The third kappa shape index (κ3) is 5.13. The van der Waals surface area contributed by atoms with Crippen molar-refractivity contribution in [3.63, 3.8) is 0 Å². The van der Waals surface area contributed by atoms with E-state index in [0.29, 0.717) is 17.5 Å². The molecule has 0 bridgehead atoms. The molecule has 0 amide bonds. The lowest BCUT2D eigenvalue weighted by molar-refractivity contribution is 0.184. The standard InChI is InChI=1S/C15H22ClNO2.ClH/c1-10(17)5-13-6-12(8-18-2)7-14(16)15(13)19-9-11-3-4-11;/h6-7,10-11H,3-5,8-9,17H2,1-2H3;1H. The average Bonchev–Trinajstić information content (AvgIpc) is 3.11. The molecular weight excluding hydrogens is 297 g/mol. The number of halogens is 2. The Hall–Kier alpha value is -0.480. The van der Waals surface area contributed by atoms with Crippen molar-refractivity contribution in [2.24, 2.45) is 11.7 Å². The van der Waals surface area contributed by atoms with Gasteiger partial charge >= 0.3 is 0 Å². The fourth-order valence-corrected chi connectivity index (χ4v) is 2.42. The smallest absolute Gasteiger partial charge is 0.141 e. The van der Waals surface area contributed by atoms with Crippen molar-refractivity contribution in [2.75, 3.05) is 13.7 Å². The number of rotatable bonds is 7. The highest BCUT2D eigenvalue weighted by Crippen LogP contribution is 2.35. The zero-order valence-electron chi connectivity index (χ0n) is 12.0. The van der Waals surface area contributed by atoms with E-state index in [1.807, 2.05) is 13.0 Å². The summed E-state index contributed by atoms with van der Waals surface area (Å²) in [5.74, 6) is 1.50. The number of hydrogen-bond acceptors (Lipinski definition) is 3. The second-order valence-corrected chi connectivity index (χ2v) is 5.84. The van der Waals surface area contributed by atoms with Crippen LogP contribution in [-0.4, -0.2) is 19.8 Å². The topological polar surface area (TPSA) is 44.5 Å². The molecule has 0 aromatic heterocycles. The largest absolute Gasteiger partial charge is 0.491 e. The Bertz CT molecular complexity index is 434. The molecule has 2 N–H and O–H groups in total. The molecule has 20 heavy (non-hydrogen) atoms. The van der Waals surface area contributed by atoms with Gasteiger partial charge < -0.3 is 15.2 Å². The van der Waals surface area contributed by atoms with Gasteiger partial charge in [-0.1, -0.05) is 11.6 Å². The molecule has 0 spiro atoms. The Kier molecular flexibility index (Phi) is 7.10. The van der Waals surface area contributed by atoms with Gasteiger partial charge in [0.2, 0.25) is 0 Å². The second-order valence-electron chi connectivity index (χ2n) is 5.43. The predicted octanol–water partition coefficient (Wildman–Crippen LogP) is 3.59. The van der Waals surface area contributed by atoms with Crippen molar-refractivity contribution < 1.29 is 9.47 Å². The van der Waals surface area contributed by atoms with E-state index in [1.165, 1.54) is 12.8 Å². The molecule has 1 fully saturated rings. The van der Waals surface area contributed by atoms with Crippen molar-refractivity contribution in [1.82, 2.24) is 0 Å². The molecule has 1 aromatic carbocycles. The summed E-state index contributed by atoms with van der Waals surface area (Å²) >= 11 is 6.34. The van der Waals surface area contributed by atoms with Gasteiger partial charge in [-0.25, -0.2) is 0 Å². The molecule has 1 saturated carbocycles. The zero-order valence-corrected chi connectivity index (χ0v) is 13.6. The van der Waals surface area contributed by atoms with Crippen LogP contribution < -0.4 is 10.5 Å². The van der Waals surface area contributed by atoms with Crippen molar-refractivity contribution in [2.45, 2.75) is 38.8 Å². The normalized spacial score (nSPS) is 15.6. The van der Waals surface area contributed by atoms with E-state index in [4.69, 9.17) is 26.8 Å². The van der Waals surface area contributed by atoms with Crippen LogP contribution in [0.5, 0.6) is 5.75 Å². The highest BCUT2D eigenvalue weighted by atomic mass is 35.5.